The Kier molecular flexibility index (Phi) is 6.74. The van der Waals surface area contributed by atoms with Gasteiger partial charge < -0.3 is 9.80 Å². The molecule has 18 heavy (non-hydrogen) atoms. The predicted octanol–water partition coefficient (Wildman–Crippen LogP) is 1.87. The van der Waals surface area contributed by atoms with Crippen molar-refractivity contribution in [1.29, 1.82) is 5.26 Å². The zero-order chi connectivity index (χ0) is 13.4. The van der Waals surface area contributed by atoms with E-state index in [0.29, 0.717) is 19.4 Å². The number of carbonyl (C=O) groups is 1. The molecule has 0 N–H and O–H groups in total. The first-order valence-electron chi connectivity index (χ1n) is 7.00. The zero-order valence-electron chi connectivity index (χ0n) is 11.7. The molecule has 0 aliphatic heterocycles. The van der Waals surface area contributed by atoms with Gasteiger partial charge in [-0.25, -0.2) is 0 Å². The van der Waals surface area contributed by atoms with E-state index in [-0.39, 0.29) is 5.91 Å². The van der Waals surface area contributed by atoms with E-state index in [1.165, 1.54) is 19.3 Å². The topological polar surface area (TPSA) is 47.3 Å². The Morgan fingerprint density at radius 3 is 2.61 bits per heavy atom. The molecule has 0 aromatic carbocycles. The second kappa shape index (κ2) is 8.10. The van der Waals surface area contributed by atoms with Crippen molar-refractivity contribution in [2.75, 3.05) is 33.2 Å². The van der Waals surface area contributed by atoms with E-state index in [1.54, 1.807) is 11.9 Å². The van der Waals surface area contributed by atoms with Crippen LogP contribution in [0.25, 0.3) is 0 Å². The summed E-state index contributed by atoms with van der Waals surface area (Å²) in [7, 11) is 1.78. The summed E-state index contributed by atoms with van der Waals surface area (Å²) in [6.07, 6.45) is 5.07. The molecule has 0 heterocycles. The molecular formula is C14H25N3O. The van der Waals surface area contributed by atoms with E-state index in [2.05, 4.69) is 17.9 Å². The normalized spacial score (nSPS) is 15.2. The molecular weight excluding hydrogens is 226 g/mol. The average Bonchev–Trinajstić information content (AvgIpc) is 2.33. The number of nitriles is 1. The lowest BCUT2D eigenvalue weighted by Crippen LogP contribution is -2.36. The minimum atomic E-state index is 0.150. The van der Waals surface area contributed by atoms with Crippen LogP contribution in [0, 0.1) is 17.2 Å². The molecule has 0 radical (unpaired) electrons. The number of amides is 1. The highest BCUT2D eigenvalue weighted by molar-refractivity contribution is 5.76. The van der Waals surface area contributed by atoms with Crippen molar-refractivity contribution in [1.82, 2.24) is 9.80 Å². The first kappa shape index (κ1) is 15.0. The van der Waals surface area contributed by atoms with Gasteiger partial charge in [0.25, 0.3) is 0 Å². The quantitative estimate of drug-likeness (QED) is 0.661. The van der Waals surface area contributed by atoms with E-state index < -0.39 is 0 Å². The van der Waals surface area contributed by atoms with Gasteiger partial charge in [-0.1, -0.05) is 13.3 Å². The maximum Gasteiger partial charge on any atom is 0.223 e. The molecule has 1 saturated carbocycles. The third-order valence-electron chi connectivity index (χ3n) is 3.82. The molecule has 1 aliphatic rings. The van der Waals surface area contributed by atoms with Crippen molar-refractivity contribution in [3.8, 4) is 6.07 Å². The van der Waals surface area contributed by atoms with Crippen LogP contribution in [-0.2, 0) is 4.79 Å². The lowest BCUT2D eigenvalue weighted by Gasteiger charge is -2.31. The smallest absolute Gasteiger partial charge is 0.223 e. The largest absolute Gasteiger partial charge is 0.345 e. The summed E-state index contributed by atoms with van der Waals surface area (Å²) in [5, 5.41) is 8.49. The van der Waals surface area contributed by atoms with E-state index in [1.807, 2.05) is 0 Å². The summed E-state index contributed by atoms with van der Waals surface area (Å²) >= 11 is 0. The molecule has 4 heteroatoms. The number of carbonyl (C=O) groups excluding carboxylic acids is 1. The fourth-order valence-corrected chi connectivity index (χ4v) is 2.21. The first-order valence-corrected chi connectivity index (χ1v) is 7.00. The van der Waals surface area contributed by atoms with Gasteiger partial charge in [-0.2, -0.15) is 5.26 Å². The van der Waals surface area contributed by atoms with Crippen molar-refractivity contribution < 1.29 is 4.79 Å². The first-order chi connectivity index (χ1) is 8.67. The van der Waals surface area contributed by atoms with Crippen LogP contribution in [0.1, 0.15) is 39.0 Å². The van der Waals surface area contributed by atoms with Crippen molar-refractivity contribution in [3.63, 3.8) is 0 Å². The summed E-state index contributed by atoms with van der Waals surface area (Å²) in [5.41, 5.74) is 0. The number of rotatable bonds is 8. The maximum atomic E-state index is 11.8. The van der Waals surface area contributed by atoms with Gasteiger partial charge in [0.15, 0.2) is 0 Å². The van der Waals surface area contributed by atoms with Crippen LogP contribution in [0.4, 0.5) is 0 Å². The summed E-state index contributed by atoms with van der Waals surface area (Å²) in [5.74, 6) is 1.01. The number of hydrogen-bond acceptors (Lipinski definition) is 3. The molecule has 1 rings (SSSR count). The van der Waals surface area contributed by atoms with Crippen molar-refractivity contribution >= 4 is 5.91 Å². The van der Waals surface area contributed by atoms with Crippen molar-refractivity contribution in [2.24, 2.45) is 5.92 Å². The summed E-state index contributed by atoms with van der Waals surface area (Å²) in [6, 6.07) is 2.07. The number of nitrogens with zero attached hydrogens (tertiary/aromatic N) is 3. The minimum Gasteiger partial charge on any atom is -0.345 e. The molecule has 1 fully saturated rings. The van der Waals surface area contributed by atoms with Crippen LogP contribution in [0.5, 0.6) is 0 Å². The summed E-state index contributed by atoms with van der Waals surface area (Å²) < 4.78 is 0. The van der Waals surface area contributed by atoms with Crippen LogP contribution < -0.4 is 0 Å². The molecule has 102 valence electrons. The fourth-order valence-electron chi connectivity index (χ4n) is 2.21. The molecule has 0 aromatic heterocycles. The van der Waals surface area contributed by atoms with Crippen LogP contribution in [0.3, 0.4) is 0 Å². The monoisotopic (exact) mass is 251 g/mol. The van der Waals surface area contributed by atoms with Crippen LogP contribution >= 0.6 is 0 Å². The summed E-state index contributed by atoms with van der Waals surface area (Å²) in [6.45, 7) is 5.72. The van der Waals surface area contributed by atoms with Crippen molar-refractivity contribution in [2.45, 2.75) is 39.0 Å². The van der Waals surface area contributed by atoms with Gasteiger partial charge in [0.05, 0.1) is 12.5 Å². The fraction of sp³-hybridized carbons (Fsp3) is 0.857. The highest BCUT2D eigenvalue weighted by Crippen LogP contribution is 2.26. The van der Waals surface area contributed by atoms with Crippen LogP contribution in [0.15, 0.2) is 0 Å². The Bertz CT molecular complexity index is 294. The molecule has 0 bridgehead atoms. The Labute approximate surface area is 111 Å². The lowest BCUT2D eigenvalue weighted by molar-refractivity contribution is -0.130. The van der Waals surface area contributed by atoms with Gasteiger partial charge in [-0.05, 0) is 25.3 Å². The van der Waals surface area contributed by atoms with Gasteiger partial charge in [0.2, 0.25) is 5.91 Å². The van der Waals surface area contributed by atoms with E-state index in [4.69, 9.17) is 5.26 Å². The molecule has 0 aromatic rings. The van der Waals surface area contributed by atoms with Crippen molar-refractivity contribution in [3.05, 3.63) is 0 Å². The van der Waals surface area contributed by atoms with Crippen LogP contribution in [0.2, 0.25) is 0 Å². The van der Waals surface area contributed by atoms with E-state index in [0.717, 1.165) is 25.6 Å². The molecule has 0 atom stereocenters. The maximum absolute atomic E-state index is 11.8. The predicted molar refractivity (Wildman–Crippen MR) is 71.9 cm³/mol. The Balaban J connectivity index is 2.19. The van der Waals surface area contributed by atoms with Gasteiger partial charge in [0.1, 0.15) is 0 Å². The highest BCUT2D eigenvalue weighted by atomic mass is 16.2. The third-order valence-corrected chi connectivity index (χ3v) is 3.82. The Morgan fingerprint density at radius 1 is 1.39 bits per heavy atom. The van der Waals surface area contributed by atoms with E-state index >= 15 is 0 Å². The average molecular weight is 251 g/mol. The molecule has 1 amide bonds. The van der Waals surface area contributed by atoms with Gasteiger partial charge >= 0.3 is 0 Å². The second-order valence-corrected chi connectivity index (χ2v) is 5.16. The molecule has 4 nitrogen and oxygen atoms in total. The van der Waals surface area contributed by atoms with Crippen LogP contribution in [-0.4, -0.2) is 48.9 Å². The van der Waals surface area contributed by atoms with Gasteiger partial charge in [-0.3, -0.25) is 4.79 Å². The summed E-state index contributed by atoms with van der Waals surface area (Å²) in [4.78, 5) is 15.9. The van der Waals surface area contributed by atoms with Gasteiger partial charge in [0, 0.05) is 33.1 Å². The number of hydrogen-bond donors (Lipinski definition) is 0. The minimum absolute atomic E-state index is 0.150. The third kappa shape index (κ3) is 5.05. The molecule has 0 spiro atoms. The Morgan fingerprint density at radius 2 is 2.11 bits per heavy atom. The Hall–Kier alpha value is -1.08. The SMILES string of the molecule is CCN(CCC(=O)N(C)CCC#N)CC1CCC1. The lowest BCUT2D eigenvalue weighted by atomic mass is 9.85. The standard InChI is InChI=1S/C14H25N3O/c1-3-17(12-13-6-4-7-13)11-8-14(18)16(2)10-5-9-15/h13H,3-8,10-12H2,1-2H3. The zero-order valence-corrected chi connectivity index (χ0v) is 11.7. The molecule has 0 unspecified atom stereocenters. The molecule has 1 aliphatic carbocycles. The van der Waals surface area contributed by atoms with E-state index in [9.17, 15) is 4.79 Å². The van der Waals surface area contributed by atoms with Gasteiger partial charge in [-0.15, -0.1) is 0 Å². The highest BCUT2D eigenvalue weighted by Gasteiger charge is 2.20. The molecule has 0 saturated heterocycles. The second-order valence-electron chi connectivity index (χ2n) is 5.16.